The summed E-state index contributed by atoms with van der Waals surface area (Å²) >= 11 is 0. The number of unbranched alkanes of at least 4 members (excludes halogenated alkanes) is 4. The van der Waals surface area contributed by atoms with Crippen molar-refractivity contribution in [2.75, 3.05) is 11.9 Å². The Balaban J connectivity index is 2.31. The molecule has 0 aromatic heterocycles. The maximum absolute atomic E-state index is 9.64. The van der Waals surface area contributed by atoms with Crippen LogP contribution < -0.4 is 5.32 Å². The quantitative estimate of drug-likeness (QED) is 0.664. The number of benzene rings is 1. The summed E-state index contributed by atoms with van der Waals surface area (Å²) in [5.41, 5.74) is 2.05. The molecule has 1 rings (SSSR count). The lowest BCUT2D eigenvalue weighted by molar-refractivity contribution is 0.200. The number of para-hydroxylation sites is 1. The Morgan fingerprint density at radius 3 is 2.53 bits per heavy atom. The molecule has 0 aliphatic rings. The van der Waals surface area contributed by atoms with Crippen molar-refractivity contribution < 1.29 is 5.11 Å². The van der Waals surface area contributed by atoms with Crippen molar-refractivity contribution in [1.29, 1.82) is 0 Å². The van der Waals surface area contributed by atoms with Gasteiger partial charge in [0.15, 0.2) is 0 Å². The van der Waals surface area contributed by atoms with Crippen molar-refractivity contribution in [2.24, 2.45) is 0 Å². The van der Waals surface area contributed by atoms with Gasteiger partial charge in [-0.1, -0.05) is 50.8 Å². The van der Waals surface area contributed by atoms with Gasteiger partial charge in [-0.05, 0) is 19.4 Å². The first-order chi connectivity index (χ1) is 8.25. The maximum atomic E-state index is 9.64. The van der Waals surface area contributed by atoms with E-state index in [9.17, 15) is 5.11 Å². The third kappa shape index (κ3) is 5.22. The molecule has 2 nitrogen and oxygen atoms in total. The van der Waals surface area contributed by atoms with Crippen molar-refractivity contribution in [2.45, 2.75) is 52.1 Å². The lowest BCUT2D eigenvalue weighted by Gasteiger charge is -2.13. The second-order valence-electron chi connectivity index (χ2n) is 4.60. The van der Waals surface area contributed by atoms with E-state index in [1.165, 1.54) is 32.1 Å². The minimum Gasteiger partial charge on any atom is -0.389 e. The summed E-state index contributed by atoms with van der Waals surface area (Å²) in [5, 5.41) is 13.0. The number of hydrogen-bond donors (Lipinski definition) is 2. The van der Waals surface area contributed by atoms with Gasteiger partial charge in [0, 0.05) is 17.8 Å². The zero-order valence-corrected chi connectivity index (χ0v) is 11.1. The van der Waals surface area contributed by atoms with E-state index in [4.69, 9.17) is 0 Å². The molecule has 2 N–H and O–H groups in total. The molecule has 0 heterocycles. The molecule has 0 aliphatic heterocycles. The van der Waals surface area contributed by atoms with Crippen molar-refractivity contribution in [3.63, 3.8) is 0 Å². The molecule has 1 unspecified atom stereocenters. The van der Waals surface area contributed by atoms with Crippen LogP contribution in [0.25, 0.3) is 0 Å². The molecular formula is C15H25NO. The summed E-state index contributed by atoms with van der Waals surface area (Å²) in [5.74, 6) is 0. The Bertz CT molecular complexity index is 310. The molecule has 0 saturated heterocycles. The first-order valence-corrected chi connectivity index (χ1v) is 6.76. The van der Waals surface area contributed by atoms with E-state index in [-0.39, 0.29) is 0 Å². The van der Waals surface area contributed by atoms with Gasteiger partial charge in [-0.15, -0.1) is 0 Å². The third-order valence-corrected chi connectivity index (χ3v) is 3.01. The standard InChI is InChI=1S/C15H25NO/c1-3-4-5-6-9-12-16-15-11-8-7-10-14(15)13(2)17/h7-8,10-11,13,16-17H,3-6,9,12H2,1-2H3. The first kappa shape index (κ1) is 14.0. The topological polar surface area (TPSA) is 32.3 Å². The van der Waals surface area contributed by atoms with Crippen LogP contribution in [0.15, 0.2) is 24.3 Å². The first-order valence-electron chi connectivity index (χ1n) is 6.76. The normalized spacial score (nSPS) is 12.4. The fourth-order valence-corrected chi connectivity index (χ4v) is 1.97. The number of nitrogens with one attached hydrogen (secondary N) is 1. The molecule has 0 aliphatic carbocycles. The molecule has 0 radical (unpaired) electrons. The van der Waals surface area contributed by atoms with Gasteiger partial charge < -0.3 is 10.4 Å². The van der Waals surface area contributed by atoms with Crippen LogP contribution >= 0.6 is 0 Å². The fourth-order valence-electron chi connectivity index (χ4n) is 1.97. The molecule has 0 fully saturated rings. The molecular weight excluding hydrogens is 210 g/mol. The highest BCUT2D eigenvalue weighted by atomic mass is 16.3. The van der Waals surface area contributed by atoms with Crippen molar-refractivity contribution in [3.8, 4) is 0 Å². The predicted molar refractivity (Wildman–Crippen MR) is 74.3 cm³/mol. The fraction of sp³-hybridized carbons (Fsp3) is 0.600. The number of hydrogen-bond acceptors (Lipinski definition) is 2. The summed E-state index contributed by atoms with van der Waals surface area (Å²) in [6.07, 6.45) is 6.05. The van der Waals surface area contributed by atoms with E-state index in [0.29, 0.717) is 0 Å². The monoisotopic (exact) mass is 235 g/mol. The molecule has 1 aromatic rings. The maximum Gasteiger partial charge on any atom is 0.0781 e. The predicted octanol–water partition coefficient (Wildman–Crippen LogP) is 4.12. The van der Waals surface area contributed by atoms with Crippen LogP contribution in [0.2, 0.25) is 0 Å². The number of aliphatic hydroxyl groups excluding tert-OH is 1. The van der Waals surface area contributed by atoms with Crippen LogP contribution in [0.5, 0.6) is 0 Å². The lowest BCUT2D eigenvalue weighted by Crippen LogP contribution is -2.05. The molecule has 96 valence electrons. The van der Waals surface area contributed by atoms with Crippen LogP contribution in [0.4, 0.5) is 5.69 Å². The highest BCUT2D eigenvalue weighted by Crippen LogP contribution is 2.22. The number of anilines is 1. The summed E-state index contributed by atoms with van der Waals surface area (Å²) in [7, 11) is 0. The molecule has 2 heteroatoms. The SMILES string of the molecule is CCCCCCCNc1ccccc1C(C)O. The summed E-state index contributed by atoms with van der Waals surface area (Å²) < 4.78 is 0. The summed E-state index contributed by atoms with van der Waals surface area (Å²) in [4.78, 5) is 0. The van der Waals surface area contributed by atoms with Crippen LogP contribution in [-0.4, -0.2) is 11.7 Å². The van der Waals surface area contributed by atoms with Crippen LogP contribution in [-0.2, 0) is 0 Å². The van der Waals surface area contributed by atoms with Crippen LogP contribution in [0, 0.1) is 0 Å². The largest absolute Gasteiger partial charge is 0.389 e. The molecule has 17 heavy (non-hydrogen) atoms. The van der Waals surface area contributed by atoms with Gasteiger partial charge in [0.2, 0.25) is 0 Å². The minimum atomic E-state index is -0.404. The summed E-state index contributed by atoms with van der Waals surface area (Å²) in [6, 6.07) is 7.98. The van der Waals surface area contributed by atoms with Gasteiger partial charge in [0.05, 0.1) is 6.10 Å². The Morgan fingerprint density at radius 1 is 1.12 bits per heavy atom. The Kier molecular flexibility index (Phi) is 6.71. The van der Waals surface area contributed by atoms with Gasteiger partial charge >= 0.3 is 0 Å². The highest BCUT2D eigenvalue weighted by Gasteiger charge is 2.05. The van der Waals surface area contributed by atoms with Crippen molar-refractivity contribution in [1.82, 2.24) is 0 Å². The van der Waals surface area contributed by atoms with Gasteiger partial charge in [-0.3, -0.25) is 0 Å². The Morgan fingerprint density at radius 2 is 1.82 bits per heavy atom. The Hall–Kier alpha value is -1.02. The lowest BCUT2D eigenvalue weighted by atomic mass is 10.1. The highest BCUT2D eigenvalue weighted by molar-refractivity contribution is 5.51. The molecule has 1 aromatic carbocycles. The zero-order valence-electron chi connectivity index (χ0n) is 11.1. The third-order valence-electron chi connectivity index (χ3n) is 3.01. The molecule has 0 spiro atoms. The van der Waals surface area contributed by atoms with Crippen LogP contribution in [0.1, 0.15) is 57.6 Å². The van der Waals surface area contributed by atoms with E-state index in [2.05, 4.69) is 12.2 Å². The van der Waals surface area contributed by atoms with Crippen molar-refractivity contribution >= 4 is 5.69 Å². The zero-order chi connectivity index (χ0) is 12.5. The molecule has 1 atom stereocenters. The van der Waals surface area contributed by atoms with Gasteiger partial charge in [0.25, 0.3) is 0 Å². The van der Waals surface area contributed by atoms with E-state index >= 15 is 0 Å². The van der Waals surface area contributed by atoms with E-state index in [0.717, 1.165) is 17.8 Å². The Labute approximate surface area is 105 Å². The minimum absolute atomic E-state index is 0.404. The van der Waals surface area contributed by atoms with E-state index < -0.39 is 6.10 Å². The number of aliphatic hydroxyl groups is 1. The van der Waals surface area contributed by atoms with Crippen molar-refractivity contribution in [3.05, 3.63) is 29.8 Å². The van der Waals surface area contributed by atoms with Crippen LogP contribution in [0.3, 0.4) is 0 Å². The molecule has 0 amide bonds. The second kappa shape index (κ2) is 8.13. The smallest absolute Gasteiger partial charge is 0.0781 e. The van der Waals surface area contributed by atoms with Gasteiger partial charge in [-0.2, -0.15) is 0 Å². The molecule has 0 bridgehead atoms. The molecule has 0 saturated carbocycles. The van der Waals surface area contributed by atoms with Gasteiger partial charge in [-0.25, -0.2) is 0 Å². The average Bonchev–Trinajstić information content (AvgIpc) is 2.34. The summed E-state index contributed by atoms with van der Waals surface area (Å²) in [6.45, 7) is 5.03. The van der Waals surface area contributed by atoms with Gasteiger partial charge in [0.1, 0.15) is 0 Å². The van der Waals surface area contributed by atoms with E-state index in [1.54, 1.807) is 0 Å². The average molecular weight is 235 g/mol. The number of rotatable bonds is 8. The second-order valence-corrected chi connectivity index (χ2v) is 4.60. The van der Waals surface area contributed by atoms with E-state index in [1.807, 2.05) is 31.2 Å².